The van der Waals surface area contributed by atoms with Crippen LogP contribution < -0.4 is 5.32 Å². The van der Waals surface area contributed by atoms with Crippen molar-refractivity contribution in [3.63, 3.8) is 0 Å². The summed E-state index contributed by atoms with van der Waals surface area (Å²) in [5.41, 5.74) is 0.00553. The number of aliphatic carboxylic acids is 2. The van der Waals surface area contributed by atoms with E-state index >= 15 is 0 Å². The molecule has 0 fully saturated rings. The second kappa shape index (κ2) is 6.69. The Kier molecular flexibility index (Phi) is 5.25. The number of nitrogens with one attached hydrogen (secondary N) is 1. The van der Waals surface area contributed by atoms with Crippen LogP contribution in [0.25, 0.3) is 0 Å². The van der Waals surface area contributed by atoms with Crippen molar-refractivity contribution in [1.82, 2.24) is 10.3 Å². The smallest absolute Gasteiger partial charge is 0.326 e. The van der Waals surface area contributed by atoms with E-state index in [0.717, 1.165) is 0 Å². The first-order valence-corrected chi connectivity index (χ1v) is 5.65. The molecule has 7 nitrogen and oxygen atoms in total. The maximum absolute atomic E-state index is 11.7. The summed E-state index contributed by atoms with van der Waals surface area (Å²) in [6, 6.07) is 1.51. The summed E-state index contributed by atoms with van der Waals surface area (Å²) in [5.74, 6) is -3.14. The number of aromatic nitrogens is 1. The monoisotopic (exact) mass is 286 g/mol. The Morgan fingerprint density at radius 2 is 2.00 bits per heavy atom. The molecule has 1 rings (SSSR count). The SMILES string of the molecule is O=C(O)CCC(NC(=O)c1ccc(Cl)cn1)C(=O)O. The van der Waals surface area contributed by atoms with Crippen molar-refractivity contribution >= 4 is 29.4 Å². The Hall–Kier alpha value is -2.15. The third-order valence-electron chi connectivity index (χ3n) is 2.21. The standard InChI is InChI=1S/C11H11ClN2O5/c12-6-1-2-7(13-5-6)10(17)14-8(11(18)19)3-4-9(15)16/h1-2,5,8H,3-4H2,(H,14,17)(H,15,16)(H,18,19). The number of carbonyl (C=O) groups excluding carboxylic acids is 1. The largest absolute Gasteiger partial charge is 0.481 e. The molecule has 0 bridgehead atoms. The summed E-state index contributed by atoms with van der Waals surface area (Å²) in [5, 5.41) is 19.9. The van der Waals surface area contributed by atoms with Gasteiger partial charge in [0.1, 0.15) is 11.7 Å². The number of hydrogen-bond donors (Lipinski definition) is 3. The normalized spacial score (nSPS) is 11.6. The molecule has 3 N–H and O–H groups in total. The molecule has 1 heterocycles. The number of halogens is 1. The van der Waals surface area contributed by atoms with Gasteiger partial charge in [-0.2, -0.15) is 0 Å². The van der Waals surface area contributed by atoms with Gasteiger partial charge in [-0.3, -0.25) is 9.59 Å². The van der Waals surface area contributed by atoms with E-state index in [0.29, 0.717) is 5.02 Å². The topological polar surface area (TPSA) is 117 Å². The second-order valence-electron chi connectivity index (χ2n) is 3.66. The van der Waals surface area contributed by atoms with Crippen LogP contribution >= 0.6 is 11.6 Å². The summed E-state index contributed by atoms with van der Waals surface area (Å²) in [4.78, 5) is 36.7. The van der Waals surface area contributed by atoms with Crippen LogP contribution in [0.15, 0.2) is 18.3 Å². The van der Waals surface area contributed by atoms with Crippen LogP contribution in [0.1, 0.15) is 23.3 Å². The summed E-state index contributed by atoms with van der Waals surface area (Å²) < 4.78 is 0. The van der Waals surface area contributed by atoms with E-state index in [1.807, 2.05) is 0 Å². The van der Waals surface area contributed by atoms with Gasteiger partial charge in [-0.05, 0) is 18.6 Å². The summed E-state index contributed by atoms with van der Waals surface area (Å²) >= 11 is 5.60. The van der Waals surface area contributed by atoms with Gasteiger partial charge in [0.2, 0.25) is 0 Å². The predicted octanol–water partition coefficient (Wildman–Crippen LogP) is 0.783. The van der Waals surface area contributed by atoms with E-state index in [1.54, 1.807) is 0 Å². The zero-order chi connectivity index (χ0) is 14.4. The van der Waals surface area contributed by atoms with Gasteiger partial charge in [0.25, 0.3) is 5.91 Å². The Morgan fingerprint density at radius 3 is 2.47 bits per heavy atom. The highest BCUT2D eigenvalue weighted by Gasteiger charge is 2.21. The molecule has 1 aromatic rings. The van der Waals surface area contributed by atoms with E-state index in [-0.39, 0.29) is 18.5 Å². The van der Waals surface area contributed by atoms with Gasteiger partial charge in [0, 0.05) is 12.6 Å². The minimum atomic E-state index is -1.30. The predicted molar refractivity (Wildman–Crippen MR) is 65.0 cm³/mol. The molecule has 0 spiro atoms. The molecule has 1 aromatic heterocycles. The maximum Gasteiger partial charge on any atom is 0.326 e. The Morgan fingerprint density at radius 1 is 1.32 bits per heavy atom. The third-order valence-corrected chi connectivity index (χ3v) is 2.43. The van der Waals surface area contributed by atoms with Crippen LogP contribution in [0.5, 0.6) is 0 Å². The van der Waals surface area contributed by atoms with Crippen LogP contribution in [0, 0.1) is 0 Å². The van der Waals surface area contributed by atoms with Crippen molar-refractivity contribution in [3.05, 3.63) is 29.0 Å². The zero-order valence-electron chi connectivity index (χ0n) is 9.67. The lowest BCUT2D eigenvalue weighted by atomic mass is 10.1. The lowest BCUT2D eigenvalue weighted by molar-refractivity contribution is -0.140. The minimum Gasteiger partial charge on any atom is -0.481 e. The first-order chi connectivity index (χ1) is 8.90. The molecule has 0 aliphatic rings. The van der Waals surface area contributed by atoms with Crippen molar-refractivity contribution < 1.29 is 24.6 Å². The number of amides is 1. The number of carboxylic acids is 2. The third kappa shape index (κ3) is 4.92. The van der Waals surface area contributed by atoms with E-state index in [2.05, 4.69) is 10.3 Å². The number of carbonyl (C=O) groups is 3. The summed E-state index contributed by atoms with van der Waals surface area (Å²) in [6.07, 6.45) is 0.693. The fraction of sp³-hybridized carbons (Fsp3) is 0.273. The van der Waals surface area contributed by atoms with Crippen LogP contribution in [0.3, 0.4) is 0 Å². The maximum atomic E-state index is 11.7. The molecule has 102 valence electrons. The van der Waals surface area contributed by atoms with Crippen molar-refractivity contribution in [3.8, 4) is 0 Å². The van der Waals surface area contributed by atoms with Crippen molar-refractivity contribution in [1.29, 1.82) is 0 Å². The number of pyridine rings is 1. The Labute approximate surface area is 113 Å². The average Bonchev–Trinajstić information content (AvgIpc) is 2.34. The van der Waals surface area contributed by atoms with E-state index in [1.165, 1.54) is 18.3 Å². The van der Waals surface area contributed by atoms with Gasteiger partial charge in [0.05, 0.1) is 5.02 Å². The summed E-state index contributed by atoms with van der Waals surface area (Å²) in [7, 11) is 0. The van der Waals surface area contributed by atoms with E-state index in [4.69, 9.17) is 21.8 Å². The Balaban J connectivity index is 2.68. The molecule has 0 radical (unpaired) electrons. The first-order valence-electron chi connectivity index (χ1n) is 5.27. The average molecular weight is 287 g/mol. The molecule has 0 aliphatic carbocycles. The zero-order valence-corrected chi connectivity index (χ0v) is 10.4. The van der Waals surface area contributed by atoms with Crippen LogP contribution in [0.2, 0.25) is 5.02 Å². The van der Waals surface area contributed by atoms with Crippen molar-refractivity contribution in [2.45, 2.75) is 18.9 Å². The van der Waals surface area contributed by atoms with Crippen molar-refractivity contribution in [2.75, 3.05) is 0 Å². The fourth-order valence-electron chi connectivity index (χ4n) is 1.27. The lowest BCUT2D eigenvalue weighted by Gasteiger charge is -2.12. The molecular weight excluding hydrogens is 276 g/mol. The Bertz CT molecular complexity index is 488. The molecule has 1 atom stereocenters. The highest BCUT2D eigenvalue weighted by Crippen LogP contribution is 2.07. The van der Waals surface area contributed by atoms with Gasteiger partial charge in [0.15, 0.2) is 0 Å². The quantitative estimate of drug-likeness (QED) is 0.711. The van der Waals surface area contributed by atoms with Gasteiger partial charge in [-0.25, -0.2) is 9.78 Å². The molecule has 0 saturated carbocycles. The van der Waals surface area contributed by atoms with E-state index in [9.17, 15) is 14.4 Å². The molecule has 1 amide bonds. The van der Waals surface area contributed by atoms with Crippen LogP contribution in [0.4, 0.5) is 0 Å². The number of nitrogens with zero attached hydrogens (tertiary/aromatic N) is 1. The van der Waals surface area contributed by atoms with Crippen molar-refractivity contribution in [2.24, 2.45) is 0 Å². The highest BCUT2D eigenvalue weighted by molar-refractivity contribution is 6.30. The number of hydrogen-bond acceptors (Lipinski definition) is 4. The second-order valence-corrected chi connectivity index (χ2v) is 4.09. The fourth-order valence-corrected chi connectivity index (χ4v) is 1.38. The van der Waals surface area contributed by atoms with E-state index < -0.39 is 23.9 Å². The van der Waals surface area contributed by atoms with Gasteiger partial charge >= 0.3 is 11.9 Å². The van der Waals surface area contributed by atoms with Crippen LogP contribution in [-0.4, -0.2) is 39.1 Å². The molecule has 8 heteroatoms. The minimum absolute atomic E-state index is 0.00553. The molecule has 0 aliphatic heterocycles. The number of carboxylic acid groups (broad SMARTS) is 2. The van der Waals surface area contributed by atoms with Gasteiger partial charge < -0.3 is 15.5 Å². The molecule has 19 heavy (non-hydrogen) atoms. The molecule has 1 unspecified atom stereocenters. The molecular formula is C11H11ClN2O5. The molecule has 0 saturated heterocycles. The summed E-state index contributed by atoms with van der Waals surface area (Å²) in [6.45, 7) is 0. The number of rotatable bonds is 6. The van der Waals surface area contributed by atoms with Crippen LogP contribution in [-0.2, 0) is 9.59 Å². The van der Waals surface area contributed by atoms with Gasteiger partial charge in [-0.15, -0.1) is 0 Å². The molecule has 0 aromatic carbocycles. The first kappa shape index (κ1) is 14.9. The highest BCUT2D eigenvalue weighted by atomic mass is 35.5. The lowest BCUT2D eigenvalue weighted by Crippen LogP contribution is -2.41. The van der Waals surface area contributed by atoms with Gasteiger partial charge in [-0.1, -0.05) is 11.6 Å².